The van der Waals surface area contributed by atoms with Crippen LogP contribution in [0.3, 0.4) is 0 Å². The number of hydrogen-bond acceptors (Lipinski definition) is 1. The van der Waals surface area contributed by atoms with Crippen LogP contribution < -0.4 is 5.32 Å². The summed E-state index contributed by atoms with van der Waals surface area (Å²) in [6.45, 7) is 2.94. The lowest BCUT2D eigenvalue weighted by atomic mass is 9.87. The first-order chi connectivity index (χ1) is 7.72. The van der Waals surface area contributed by atoms with E-state index in [9.17, 15) is 4.79 Å². The first-order valence-corrected chi connectivity index (χ1v) is 7.54. The number of carbonyl (C=O) groups excluding carboxylic acids is 1. The molecule has 0 aromatic carbocycles. The topological polar surface area (TPSA) is 29.1 Å². The second-order valence-electron chi connectivity index (χ2n) is 4.90. The number of hydrogen-bond donors (Lipinski definition) is 1. The van der Waals surface area contributed by atoms with Crippen molar-refractivity contribution < 1.29 is 4.79 Å². The summed E-state index contributed by atoms with van der Waals surface area (Å²) in [6.07, 6.45) is 9.52. The Balaban J connectivity index is 2.10. The van der Waals surface area contributed by atoms with E-state index in [2.05, 4.69) is 28.2 Å². The molecule has 1 rings (SSSR count). The molecule has 1 fully saturated rings. The van der Waals surface area contributed by atoms with Gasteiger partial charge in [-0.1, -0.05) is 48.5 Å². The molecule has 1 saturated carbocycles. The zero-order valence-corrected chi connectivity index (χ0v) is 11.9. The van der Waals surface area contributed by atoms with Crippen LogP contribution in [0, 0.1) is 5.92 Å². The molecule has 3 heteroatoms. The predicted molar refractivity (Wildman–Crippen MR) is 71.8 cm³/mol. The number of halogens is 1. The van der Waals surface area contributed by atoms with Gasteiger partial charge in [0, 0.05) is 17.8 Å². The summed E-state index contributed by atoms with van der Waals surface area (Å²) in [6, 6.07) is 0. The normalized spacial score (nSPS) is 19.4. The minimum atomic E-state index is 0.243. The van der Waals surface area contributed by atoms with Gasteiger partial charge in [-0.3, -0.25) is 4.79 Å². The maximum atomic E-state index is 11.7. The van der Waals surface area contributed by atoms with Gasteiger partial charge in [-0.05, 0) is 25.2 Å². The van der Waals surface area contributed by atoms with Crippen LogP contribution in [-0.2, 0) is 4.79 Å². The summed E-state index contributed by atoms with van der Waals surface area (Å²) >= 11 is 3.58. The third kappa shape index (κ3) is 5.88. The van der Waals surface area contributed by atoms with Crippen molar-refractivity contribution >= 4 is 21.8 Å². The van der Waals surface area contributed by atoms with Crippen molar-refractivity contribution in [2.75, 3.05) is 6.54 Å². The number of amides is 1. The fourth-order valence-electron chi connectivity index (χ4n) is 2.37. The Morgan fingerprint density at radius 1 is 1.38 bits per heavy atom. The van der Waals surface area contributed by atoms with E-state index < -0.39 is 0 Å². The van der Waals surface area contributed by atoms with E-state index in [1.54, 1.807) is 0 Å². The summed E-state index contributed by atoms with van der Waals surface area (Å²) in [5.41, 5.74) is 0. The third-order valence-electron chi connectivity index (χ3n) is 3.32. The van der Waals surface area contributed by atoms with E-state index in [0.717, 1.165) is 25.8 Å². The molecule has 94 valence electrons. The molecule has 1 unspecified atom stereocenters. The molecule has 0 saturated heterocycles. The fraction of sp³-hybridized carbons (Fsp3) is 0.923. The van der Waals surface area contributed by atoms with Crippen molar-refractivity contribution in [2.24, 2.45) is 5.92 Å². The summed E-state index contributed by atoms with van der Waals surface area (Å²) < 4.78 is 0. The highest BCUT2D eigenvalue weighted by Crippen LogP contribution is 2.26. The molecule has 0 aliphatic heterocycles. The second-order valence-corrected chi connectivity index (χ2v) is 6.19. The van der Waals surface area contributed by atoms with E-state index in [4.69, 9.17) is 0 Å². The Hall–Kier alpha value is -0.0500. The Kier molecular flexibility index (Phi) is 7.10. The largest absolute Gasteiger partial charge is 0.355 e. The van der Waals surface area contributed by atoms with Crippen LogP contribution in [0.4, 0.5) is 0 Å². The highest BCUT2D eigenvalue weighted by Gasteiger charge is 2.17. The molecule has 1 aliphatic carbocycles. The summed E-state index contributed by atoms with van der Waals surface area (Å²) in [5.74, 6) is 0.890. The summed E-state index contributed by atoms with van der Waals surface area (Å²) in [5, 5.41) is 3.03. The van der Waals surface area contributed by atoms with Crippen molar-refractivity contribution in [3.63, 3.8) is 0 Å². The number of nitrogens with one attached hydrogen (secondary N) is 1. The molecule has 0 spiro atoms. The van der Waals surface area contributed by atoms with Gasteiger partial charge in [-0.25, -0.2) is 0 Å². The van der Waals surface area contributed by atoms with Gasteiger partial charge in [0.2, 0.25) is 5.91 Å². The zero-order valence-electron chi connectivity index (χ0n) is 10.3. The first-order valence-electron chi connectivity index (χ1n) is 6.63. The van der Waals surface area contributed by atoms with Crippen molar-refractivity contribution in [1.29, 1.82) is 0 Å². The van der Waals surface area contributed by atoms with Gasteiger partial charge < -0.3 is 5.32 Å². The number of alkyl halides is 1. The monoisotopic (exact) mass is 289 g/mol. The lowest BCUT2D eigenvalue weighted by molar-refractivity contribution is -0.122. The Bertz CT molecular complexity index is 202. The van der Waals surface area contributed by atoms with E-state index in [1.807, 2.05) is 0 Å². The third-order valence-corrected chi connectivity index (χ3v) is 4.10. The molecule has 1 amide bonds. The van der Waals surface area contributed by atoms with Gasteiger partial charge in [0.15, 0.2) is 0 Å². The Morgan fingerprint density at radius 2 is 2.06 bits per heavy atom. The highest BCUT2D eigenvalue weighted by molar-refractivity contribution is 9.09. The zero-order chi connectivity index (χ0) is 11.8. The molecule has 1 N–H and O–H groups in total. The van der Waals surface area contributed by atoms with Crippen molar-refractivity contribution in [1.82, 2.24) is 5.32 Å². The molecule has 0 bridgehead atoms. The van der Waals surface area contributed by atoms with Gasteiger partial charge >= 0.3 is 0 Å². The average molecular weight is 290 g/mol. The highest BCUT2D eigenvalue weighted by atomic mass is 79.9. The van der Waals surface area contributed by atoms with E-state index in [-0.39, 0.29) is 5.91 Å². The van der Waals surface area contributed by atoms with Crippen LogP contribution in [0.25, 0.3) is 0 Å². The summed E-state index contributed by atoms with van der Waals surface area (Å²) in [7, 11) is 0. The molecule has 0 heterocycles. The van der Waals surface area contributed by atoms with Crippen molar-refractivity contribution in [3.05, 3.63) is 0 Å². The SMILES string of the molecule is CCCC(Br)CNC(=O)CC1CCCCC1. The van der Waals surface area contributed by atoms with Crippen LogP contribution in [0.2, 0.25) is 0 Å². The van der Waals surface area contributed by atoms with Gasteiger partial charge in [0.05, 0.1) is 0 Å². The molecule has 1 aliphatic rings. The minimum absolute atomic E-state index is 0.243. The smallest absolute Gasteiger partial charge is 0.220 e. The molecular formula is C13H24BrNO. The molecule has 16 heavy (non-hydrogen) atoms. The number of rotatable bonds is 6. The van der Waals surface area contributed by atoms with Gasteiger partial charge in [0.1, 0.15) is 0 Å². The Morgan fingerprint density at radius 3 is 2.69 bits per heavy atom. The Labute approximate surface area is 108 Å². The second kappa shape index (κ2) is 8.10. The van der Waals surface area contributed by atoms with Crippen molar-refractivity contribution in [3.8, 4) is 0 Å². The van der Waals surface area contributed by atoms with Crippen LogP contribution in [-0.4, -0.2) is 17.3 Å². The molecule has 0 aromatic rings. The van der Waals surface area contributed by atoms with Crippen LogP contribution >= 0.6 is 15.9 Å². The quantitative estimate of drug-likeness (QED) is 0.743. The van der Waals surface area contributed by atoms with Crippen LogP contribution in [0.5, 0.6) is 0 Å². The molecule has 0 aromatic heterocycles. The lowest BCUT2D eigenvalue weighted by Crippen LogP contribution is -2.31. The van der Waals surface area contributed by atoms with E-state index in [1.165, 1.54) is 32.1 Å². The lowest BCUT2D eigenvalue weighted by Gasteiger charge is -2.21. The molecule has 2 nitrogen and oxygen atoms in total. The van der Waals surface area contributed by atoms with Crippen LogP contribution in [0.1, 0.15) is 58.3 Å². The summed E-state index contributed by atoms with van der Waals surface area (Å²) in [4.78, 5) is 12.1. The molecule has 1 atom stereocenters. The van der Waals surface area contributed by atoms with E-state index >= 15 is 0 Å². The average Bonchev–Trinajstić information content (AvgIpc) is 2.28. The first kappa shape index (κ1) is 14.0. The fourth-order valence-corrected chi connectivity index (χ4v) is 2.99. The minimum Gasteiger partial charge on any atom is -0.355 e. The molecular weight excluding hydrogens is 266 g/mol. The maximum absolute atomic E-state index is 11.7. The van der Waals surface area contributed by atoms with Gasteiger partial charge in [-0.15, -0.1) is 0 Å². The maximum Gasteiger partial charge on any atom is 0.220 e. The van der Waals surface area contributed by atoms with Gasteiger partial charge in [-0.2, -0.15) is 0 Å². The molecule has 0 radical (unpaired) electrons. The van der Waals surface area contributed by atoms with Crippen LogP contribution in [0.15, 0.2) is 0 Å². The standard InChI is InChI=1S/C13H24BrNO/c1-2-6-12(14)10-15-13(16)9-11-7-4-3-5-8-11/h11-12H,2-10H2,1H3,(H,15,16). The number of carbonyl (C=O) groups is 1. The van der Waals surface area contributed by atoms with Gasteiger partial charge in [0.25, 0.3) is 0 Å². The van der Waals surface area contributed by atoms with E-state index in [0.29, 0.717) is 10.7 Å². The predicted octanol–water partition coefficient (Wildman–Crippen LogP) is 3.64. The van der Waals surface area contributed by atoms with Crippen molar-refractivity contribution in [2.45, 2.75) is 63.1 Å².